The Balaban J connectivity index is 2.55. The van der Waals surface area contributed by atoms with Crippen molar-refractivity contribution in [2.24, 2.45) is 0 Å². The van der Waals surface area contributed by atoms with Crippen LogP contribution in [0.25, 0.3) is 10.4 Å². The molecule has 0 aromatic carbocycles. The summed E-state index contributed by atoms with van der Waals surface area (Å²) in [6.45, 7) is 0. The van der Waals surface area contributed by atoms with E-state index in [1.165, 1.54) is 18.4 Å². The van der Waals surface area contributed by atoms with Crippen LogP contribution in [-0.4, -0.2) is 23.3 Å². The van der Waals surface area contributed by atoms with Crippen LogP contribution in [0.5, 0.6) is 0 Å². The average Bonchev–Trinajstić information content (AvgIpc) is 2.85. The number of ether oxygens (including phenoxy) is 1. The van der Waals surface area contributed by atoms with Gasteiger partial charge in [0.1, 0.15) is 0 Å². The van der Waals surface area contributed by atoms with E-state index in [2.05, 4.69) is 14.9 Å². The quantitative estimate of drug-likeness (QED) is 0.756. The van der Waals surface area contributed by atoms with Gasteiger partial charge in [-0.2, -0.15) is 5.10 Å². The molecule has 0 bridgehead atoms. The number of nitrogen functional groups attached to an aromatic ring is 1. The summed E-state index contributed by atoms with van der Waals surface area (Å²) in [6.07, 6.45) is 0. The van der Waals surface area contributed by atoms with Crippen LogP contribution in [0.15, 0.2) is 17.5 Å². The number of carbonyl (C=O) groups excluding carboxylic acids is 1. The molecule has 0 spiro atoms. The van der Waals surface area contributed by atoms with E-state index in [1.807, 2.05) is 17.5 Å². The van der Waals surface area contributed by atoms with Crippen molar-refractivity contribution in [2.45, 2.75) is 0 Å². The maximum atomic E-state index is 11.4. The number of aromatic amines is 1. The normalized spacial score (nSPS) is 10.2. The van der Waals surface area contributed by atoms with Gasteiger partial charge in [0, 0.05) is 4.88 Å². The van der Waals surface area contributed by atoms with Crippen molar-refractivity contribution in [1.82, 2.24) is 10.2 Å². The van der Waals surface area contributed by atoms with Gasteiger partial charge in [0.2, 0.25) is 0 Å². The second-order valence-corrected chi connectivity index (χ2v) is 3.78. The van der Waals surface area contributed by atoms with Crippen LogP contribution in [0.1, 0.15) is 10.5 Å². The third-order valence-corrected chi connectivity index (χ3v) is 2.84. The highest BCUT2D eigenvalue weighted by Gasteiger charge is 2.20. The van der Waals surface area contributed by atoms with E-state index < -0.39 is 5.97 Å². The minimum atomic E-state index is -0.470. The molecule has 0 aliphatic rings. The van der Waals surface area contributed by atoms with Gasteiger partial charge in [-0.15, -0.1) is 11.3 Å². The Kier molecular flexibility index (Phi) is 2.42. The molecule has 0 aliphatic carbocycles. The molecule has 0 fully saturated rings. The van der Waals surface area contributed by atoms with Crippen molar-refractivity contribution < 1.29 is 9.53 Å². The van der Waals surface area contributed by atoms with Crippen LogP contribution in [0, 0.1) is 0 Å². The molecule has 15 heavy (non-hydrogen) atoms. The van der Waals surface area contributed by atoms with E-state index in [0.29, 0.717) is 11.4 Å². The smallest absolute Gasteiger partial charge is 0.356 e. The summed E-state index contributed by atoms with van der Waals surface area (Å²) in [5.41, 5.74) is 6.58. The van der Waals surface area contributed by atoms with E-state index in [0.717, 1.165) is 4.88 Å². The molecular formula is C9H9N3O2S. The predicted octanol–water partition coefficient (Wildman–Crippen LogP) is 1.51. The lowest BCUT2D eigenvalue weighted by molar-refractivity contribution is 0.0595. The van der Waals surface area contributed by atoms with Gasteiger partial charge in [-0.25, -0.2) is 4.79 Å². The Morgan fingerprint density at radius 2 is 2.47 bits per heavy atom. The summed E-state index contributed by atoms with van der Waals surface area (Å²) < 4.78 is 4.63. The van der Waals surface area contributed by atoms with E-state index >= 15 is 0 Å². The van der Waals surface area contributed by atoms with E-state index in [9.17, 15) is 4.79 Å². The minimum Gasteiger partial charge on any atom is -0.464 e. The van der Waals surface area contributed by atoms with Gasteiger partial charge in [-0.05, 0) is 11.4 Å². The van der Waals surface area contributed by atoms with Crippen LogP contribution in [0.4, 0.5) is 5.82 Å². The molecule has 0 radical (unpaired) electrons. The van der Waals surface area contributed by atoms with Crippen molar-refractivity contribution in [3.8, 4) is 10.4 Å². The Morgan fingerprint density at radius 3 is 3.07 bits per heavy atom. The molecule has 0 saturated heterocycles. The molecule has 2 rings (SSSR count). The summed E-state index contributed by atoms with van der Waals surface area (Å²) in [7, 11) is 1.32. The number of rotatable bonds is 2. The number of methoxy groups -OCH3 is 1. The lowest BCUT2D eigenvalue weighted by Crippen LogP contribution is -2.03. The highest BCUT2D eigenvalue weighted by Crippen LogP contribution is 2.31. The van der Waals surface area contributed by atoms with Crippen molar-refractivity contribution in [2.75, 3.05) is 12.8 Å². The molecule has 6 heteroatoms. The number of hydrogen-bond donors (Lipinski definition) is 2. The van der Waals surface area contributed by atoms with Gasteiger partial charge in [-0.3, -0.25) is 5.10 Å². The summed E-state index contributed by atoms with van der Waals surface area (Å²) >= 11 is 1.49. The third kappa shape index (κ3) is 1.59. The van der Waals surface area contributed by atoms with Crippen LogP contribution < -0.4 is 5.73 Å². The highest BCUT2D eigenvalue weighted by atomic mass is 32.1. The second kappa shape index (κ2) is 3.74. The number of aromatic nitrogens is 2. The lowest BCUT2D eigenvalue weighted by Gasteiger charge is -1.99. The third-order valence-electron chi connectivity index (χ3n) is 1.95. The zero-order chi connectivity index (χ0) is 10.8. The Bertz CT molecular complexity index is 476. The standard InChI is InChI=1S/C9H9N3O2S/c1-14-9(13)7-6(8(10)12-11-7)5-3-2-4-15-5/h2-4H,1H3,(H3,10,11,12). The summed E-state index contributed by atoms with van der Waals surface area (Å²) in [4.78, 5) is 12.3. The Hall–Kier alpha value is -1.82. The van der Waals surface area contributed by atoms with Gasteiger partial charge in [-0.1, -0.05) is 6.07 Å². The fourth-order valence-corrected chi connectivity index (χ4v) is 2.06. The molecule has 2 heterocycles. The lowest BCUT2D eigenvalue weighted by atomic mass is 10.2. The van der Waals surface area contributed by atoms with Crippen LogP contribution in [0.3, 0.4) is 0 Å². The molecule has 2 aromatic heterocycles. The molecule has 5 nitrogen and oxygen atoms in total. The number of nitrogens with one attached hydrogen (secondary N) is 1. The molecule has 0 amide bonds. The summed E-state index contributed by atoms with van der Waals surface area (Å²) in [5, 5.41) is 8.28. The number of esters is 1. The van der Waals surface area contributed by atoms with Crippen molar-refractivity contribution in [3.63, 3.8) is 0 Å². The summed E-state index contributed by atoms with van der Waals surface area (Å²) in [6, 6.07) is 3.76. The molecule has 0 atom stereocenters. The molecule has 0 unspecified atom stereocenters. The number of anilines is 1. The number of nitrogens with zero attached hydrogens (tertiary/aromatic N) is 1. The zero-order valence-corrected chi connectivity index (χ0v) is 8.80. The van der Waals surface area contributed by atoms with E-state index in [4.69, 9.17) is 5.73 Å². The van der Waals surface area contributed by atoms with Crippen molar-refractivity contribution >= 4 is 23.1 Å². The predicted molar refractivity (Wildman–Crippen MR) is 57.7 cm³/mol. The van der Waals surface area contributed by atoms with Crippen LogP contribution in [-0.2, 0) is 4.74 Å². The fourth-order valence-electron chi connectivity index (χ4n) is 1.28. The second-order valence-electron chi connectivity index (χ2n) is 2.83. The maximum Gasteiger partial charge on any atom is 0.356 e. The minimum absolute atomic E-state index is 0.289. The van der Waals surface area contributed by atoms with Crippen molar-refractivity contribution in [1.29, 1.82) is 0 Å². The first-order valence-electron chi connectivity index (χ1n) is 4.20. The van der Waals surface area contributed by atoms with Gasteiger partial charge >= 0.3 is 5.97 Å². The first kappa shape index (κ1) is 9.72. The Morgan fingerprint density at radius 1 is 1.67 bits per heavy atom. The number of H-pyrrole nitrogens is 1. The number of carbonyl (C=O) groups is 1. The first-order chi connectivity index (χ1) is 7.24. The average molecular weight is 223 g/mol. The van der Waals surface area contributed by atoms with E-state index in [1.54, 1.807) is 0 Å². The molecular weight excluding hydrogens is 214 g/mol. The maximum absolute atomic E-state index is 11.4. The fraction of sp³-hybridized carbons (Fsp3) is 0.111. The van der Waals surface area contributed by atoms with Gasteiger partial charge in [0.15, 0.2) is 11.5 Å². The molecule has 3 N–H and O–H groups in total. The topological polar surface area (TPSA) is 81.0 Å². The summed E-state index contributed by atoms with van der Waals surface area (Å²) in [5.74, 6) is -0.166. The monoisotopic (exact) mass is 223 g/mol. The first-order valence-corrected chi connectivity index (χ1v) is 5.08. The number of thiophene rings is 1. The van der Waals surface area contributed by atoms with Crippen LogP contribution in [0.2, 0.25) is 0 Å². The van der Waals surface area contributed by atoms with Gasteiger partial charge in [0.05, 0.1) is 12.7 Å². The molecule has 0 aliphatic heterocycles. The molecule has 2 aromatic rings. The number of hydrogen-bond acceptors (Lipinski definition) is 5. The molecule has 0 saturated carbocycles. The Labute approximate surface area is 89.9 Å². The number of nitrogens with two attached hydrogens (primary N) is 1. The largest absolute Gasteiger partial charge is 0.464 e. The van der Waals surface area contributed by atoms with Gasteiger partial charge in [0.25, 0.3) is 0 Å². The SMILES string of the molecule is COC(=O)c1[nH]nc(N)c1-c1cccs1. The van der Waals surface area contributed by atoms with Crippen LogP contribution >= 0.6 is 11.3 Å². The zero-order valence-electron chi connectivity index (χ0n) is 7.98. The van der Waals surface area contributed by atoms with E-state index in [-0.39, 0.29) is 5.69 Å². The van der Waals surface area contributed by atoms with Gasteiger partial charge < -0.3 is 10.5 Å². The van der Waals surface area contributed by atoms with Crippen molar-refractivity contribution in [3.05, 3.63) is 23.2 Å². The molecule has 78 valence electrons. The highest BCUT2D eigenvalue weighted by molar-refractivity contribution is 7.13.